The van der Waals surface area contributed by atoms with E-state index in [1.54, 1.807) is 36.4 Å². The van der Waals surface area contributed by atoms with Crippen molar-refractivity contribution in [2.24, 2.45) is 0 Å². The largest absolute Gasteiger partial charge is 0.481 e. The minimum absolute atomic E-state index is 0.0462. The van der Waals surface area contributed by atoms with Gasteiger partial charge in [-0.25, -0.2) is 8.42 Å². The molecule has 2 N–H and O–H groups in total. The topological polar surface area (TPSA) is 104 Å². The number of nitrogens with one attached hydrogen (secondary N) is 1. The van der Waals surface area contributed by atoms with Gasteiger partial charge in [-0.2, -0.15) is 13.2 Å². The monoisotopic (exact) mass is 546 g/mol. The fourth-order valence-corrected chi connectivity index (χ4v) is 6.16. The number of fused-ring (bicyclic) bond motifs is 1. The number of alkyl halides is 3. The van der Waals surface area contributed by atoms with Crippen molar-refractivity contribution in [3.05, 3.63) is 83.9 Å². The fraction of sp³-hybridized carbons (Fsp3) is 0.259. The third kappa shape index (κ3) is 5.67. The van der Waals surface area contributed by atoms with Crippen LogP contribution in [0.2, 0.25) is 0 Å². The maximum Gasteiger partial charge on any atom is 0.417 e. The zero-order valence-corrected chi connectivity index (χ0v) is 20.9. The second-order valence-electron chi connectivity index (χ2n) is 8.86. The lowest BCUT2D eigenvalue weighted by Gasteiger charge is -2.27. The number of hydrogen-bond acceptors (Lipinski definition) is 4. The lowest BCUT2D eigenvalue weighted by molar-refractivity contribution is -0.138. The lowest BCUT2D eigenvalue weighted by atomic mass is 9.99. The number of carbonyl (C=O) groups is 2. The number of nitrogens with zero attached hydrogens (tertiary/aromatic N) is 1. The summed E-state index contributed by atoms with van der Waals surface area (Å²) < 4.78 is 70.7. The van der Waals surface area contributed by atoms with Gasteiger partial charge in [0.15, 0.2) is 0 Å². The number of anilines is 1. The van der Waals surface area contributed by atoms with Crippen LogP contribution in [0.25, 0.3) is 11.1 Å². The first-order valence-electron chi connectivity index (χ1n) is 11.9. The van der Waals surface area contributed by atoms with E-state index in [1.165, 1.54) is 18.2 Å². The highest BCUT2D eigenvalue weighted by molar-refractivity contribution is 7.93. The number of amides is 1. The summed E-state index contributed by atoms with van der Waals surface area (Å²) in [5.41, 5.74) is -0.181. The molecule has 0 saturated carbocycles. The predicted octanol–water partition coefficient (Wildman–Crippen LogP) is 4.86. The van der Waals surface area contributed by atoms with E-state index in [2.05, 4.69) is 5.32 Å². The van der Waals surface area contributed by atoms with Crippen molar-refractivity contribution < 1.29 is 36.3 Å². The van der Waals surface area contributed by atoms with Gasteiger partial charge in [-0.1, -0.05) is 54.6 Å². The molecule has 0 aliphatic carbocycles. The van der Waals surface area contributed by atoms with Crippen molar-refractivity contribution in [2.45, 2.75) is 42.8 Å². The SMILES string of the molecule is O=C(O)CCCCNC(=O)[C@@H]1Cc2ccccc2N1S(=O)(=O)c1ccc(-c2ccccc2)c(C(F)(F)F)c1. The third-order valence-electron chi connectivity index (χ3n) is 6.28. The van der Waals surface area contributed by atoms with Gasteiger partial charge >= 0.3 is 12.1 Å². The number of sulfonamides is 1. The molecule has 1 atom stereocenters. The van der Waals surface area contributed by atoms with Gasteiger partial charge in [0.25, 0.3) is 10.0 Å². The van der Waals surface area contributed by atoms with Crippen LogP contribution in [0, 0.1) is 0 Å². The highest BCUT2D eigenvalue weighted by Gasteiger charge is 2.43. The van der Waals surface area contributed by atoms with Crippen LogP contribution in [0.15, 0.2) is 77.7 Å². The Bertz CT molecular complexity index is 1440. The quantitative estimate of drug-likeness (QED) is 0.373. The van der Waals surface area contributed by atoms with E-state index < -0.39 is 44.6 Å². The van der Waals surface area contributed by atoms with E-state index in [9.17, 15) is 31.2 Å². The Morgan fingerprint density at radius 3 is 2.34 bits per heavy atom. The number of benzene rings is 3. The average Bonchev–Trinajstić information content (AvgIpc) is 3.28. The van der Waals surface area contributed by atoms with E-state index in [1.807, 2.05) is 0 Å². The van der Waals surface area contributed by atoms with Crippen LogP contribution >= 0.6 is 0 Å². The summed E-state index contributed by atoms with van der Waals surface area (Å²) in [6.45, 7) is 0.136. The van der Waals surface area contributed by atoms with Gasteiger partial charge in [0.1, 0.15) is 6.04 Å². The molecule has 7 nitrogen and oxygen atoms in total. The third-order valence-corrected chi connectivity index (χ3v) is 8.10. The van der Waals surface area contributed by atoms with Gasteiger partial charge in [-0.05, 0) is 47.7 Å². The van der Waals surface area contributed by atoms with Crippen molar-refractivity contribution >= 4 is 27.6 Å². The molecule has 1 aliphatic heterocycles. The number of halogens is 3. The normalized spacial score (nSPS) is 15.2. The van der Waals surface area contributed by atoms with Crippen molar-refractivity contribution in [3.8, 4) is 11.1 Å². The Morgan fingerprint density at radius 1 is 0.974 bits per heavy atom. The second-order valence-corrected chi connectivity index (χ2v) is 10.7. The molecule has 3 aromatic rings. The Morgan fingerprint density at radius 2 is 1.66 bits per heavy atom. The maximum atomic E-state index is 14.1. The van der Waals surface area contributed by atoms with Crippen LogP contribution in [0.4, 0.5) is 18.9 Å². The summed E-state index contributed by atoms with van der Waals surface area (Å²) in [5.74, 6) is -1.58. The lowest BCUT2D eigenvalue weighted by Crippen LogP contribution is -2.48. The number of carbonyl (C=O) groups excluding carboxylic acids is 1. The Hall–Kier alpha value is -3.86. The first-order chi connectivity index (χ1) is 18.0. The number of para-hydroxylation sites is 1. The molecule has 0 aromatic heterocycles. The van der Waals surface area contributed by atoms with Gasteiger partial charge in [0.2, 0.25) is 5.91 Å². The van der Waals surface area contributed by atoms with Gasteiger partial charge in [0, 0.05) is 19.4 Å². The summed E-state index contributed by atoms with van der Waals surface area (Å²) in [6, 6.07) is 16.0. The predicted molar refractivity (Wildman–Crippen MR) is 135 cm³/mol. The van der Waals surface area contributed by atoms with Gasteiger partial charge in [-0.15, -0.1) is 0 Å². The van der Waals surface area contributed by atoms with Crippen LogP contribution < -0.4 is 9.62 Å². The Kier molecular flexibility index (Phi) is 7.77. The maximum absolute atomic E-state index is 14.1. The van der Waals surface area contributed by atoms with Crippen molar-refractivity contribution in [1.82, 2.24) is 5.32 Å². The van der Waals surface area contributed by atoms with Gasteiger partial charge in [-0.3, -0.25) is 13.9 Å². The van der Waals surface area contributed by atoms with E-state index in [0.717, 1.165) is 16.4 Å². The molecule has 11 heteroatoms. The summed E-state index contributed by atoms with van der Waals surface area (Å²) in [6.07, 6.45) is -4.14. The molecule has 0 radical (unpaired) electrons. The molecule has 3 aromatic carbocycles. The molecular weight excluding hydrogens is 521 g/mol. The Labute approximate surface area is 218 Å². The summed E-state index contributed by atoms with van der Waals surface area (Å²) in [4.78, 5) is 23.1. The van der Waals surface area contributed by atoms with Crippen LogP contribution in [0.3, 0.4) is 0 Å². The van der Waals surface area contributed by atoms with E-state index in [-0.39, 0.29) is 36.2 Å². The minimum atomic E-state index is -4.83. The van der Waals surface area contributed by atoms with Crippen molar-refractivity contribution in [3.63, 3.8) is 0 Å². The first-order valence-corrected chi connectivity index (χ1v) is 13.3. The number of carboxylic acids is 1. The number of hydrogen-bond donors (Lipinski definition) is 2. The fourth-order valence-electron chi connectivity index (χ4n) is 4.49. The number of unbranched alkanes of at least 4 members (excludes halogenated alkanes) is 1. The molecule has 0 spiro atoms. The van der Waals surface area contributed by atoms with Crippen LogP contribution in [0.1, 0.15) is 30.4 Å². The molecular formula is C27H25F3N2O5S. The van der Waals surface area contributed by atoms with Gasteiger partial charge < -0.3 is 10.4 Å². The molecule has 0 bridgehead atoms. The number of rotatable bonds is 9. The van der Waals surface area contributed by atoms with Crippen LogP contribution in [-0.4, -0.2) is 38.0 Å². The molecule has 0 saturated heterocycles. The molecule has 1 heterocycles. The van der Waals surface area contributed by atoms with E-state index in [4.69, 9.17) is 5.11 Å². The molecule has 1 amide bonds. The molecule has 4 rings (SSSR count). The van der Waals surface area contributed by atoms with E-state index >= 15 is 0 Å². The zero-order valence-electron chi connectivity index (χ0n) is 20.1. The smallest absolute Gasteiger partial charge is 0.417 e. The number of carboxylic acid groups (broad SMARTS) is 1. The molecule has 1 aliphatic rings. The molecule has 38 heavy (non-hydrogen) atoms. The van der Waals surface area contributed by atoms with E-state index in [0.29, 0.717) is 24.5 Å². The Balaban J connectivity index is 1.69. The van der Waals surface area contributed by atoms with Crippen molar-refractivity contribution in [2.75, 3.05) is 10.8 Å². The van der Waals surface area contributed by atoms with Gasteiger partial charge in [0.05, 0.1) is 16.1 Å². The van der Waals surface area contributed by atoms with Crippen molar-refractivity contribution in [1.29, 1.82) is 0 Å². The molecule has 0 unspecified atom stereocenters. The highest BCUT2D eigenvalue weighted by Crippen LogP contribution is 2.41. The zero-order chi connectivity index (χ0) is 27.5. The van der Waals surface area contributed by atoms with Crippen LogP contribution in [-0.2, 0) is 32.2 Å². The molecule has 200 valence electrons. The summed E-state index contributed by atoms with van der Waals surface area (Å²) in [5, 5.41) is 11.4. The average molecular weight is 547 g/mol. The first kappa shape index (κ1) is 27.2. The number of aliphatic carboxylic acids is 1. The standard InChI is InChI=1S/C27H25F3N2O5S/c28-27(29,30)22-17-20(13-14-21(22)18-8-2-1-3-9-18)38(36,37)32-23-11-5-4-10-19(23)16-24(32)26(35)31-15-7-6-12-25(33)34/h1-5,8-11,13-14,17,24H,6-7,12,15-16H2,(H,31,35)(H,33,34)/t24-/m0/s1. The summed E-state index contributed by atoms with van der Waals surface area (Å²) in [7, 11) is -4.58. The van der Waals surface area contributed by atoms with Crippen LogP contribution in [0.5, 0.6) is 0 Å². The summed E-state index contributed by atoms with van der Waals surface area (Å²) >= 11 is 0. The highest BCUT2D eigenvalue weighted by atomic mass is 32.2. The second kappa shape index (κ2) is 10.9. The minimum Gasteiger partial charge on any atom is -0.481 e. The molecule has 0 fully saturated rings.